The molecule has 1 atom stereocenters. The van der Waals surface area contributed by atoms with E-state index < -0.39 is 0 Å². The summed E-state index contributed by atoms with van der Waals surface area (Å²) in [4.78, 5) is 29.7. The number of nitrogens with zero attached hydrogens (tertiary/aromatic N) is 4. The highest BCUT2D eigenvalue weighted by Gasteiger charge is 2.32. The van der Waals surface area contributed by atoms with Gasteiger partial charge in [0.15, 0.2) is 5.76 Å². The first-order valence-corrected chi connectivity index (χ1v) is 11.1. The molecular weight excluding hydrogens is 432 g/mol. The molecule has 3 aromatic rings. The second-order valence-electron chi connectivity index (χ2n) is 7.84. The molecule has 0 N–H and O–H groups in total. The third kappa shape index (κ3) is 5.02. The third-order valence-corrected chi connectivity index (χ3v) is 5.73. The monoisotopic (exact) mass is 456 g/mol. The standard InChI is InChI=1S/C23H25ClN4O4/c1-2-11-27(15-20-25-26-21(32-20)19-6-4-13-31-19)23(30)17-5-3-12-28(14-17)22(29)16-7-9-18(24)10-8-16/h4,6-10,13,17H,2-3,5,11-12,14-15H2,1H3/t17-/m0/s1. The summed E-state index contributed by atoms with van der Waals surface area (Å²) in [5.74, 6) is 0.772. The van der Waals surface area contributed by atoms with Crippen LogP contribution in [-0.2, 0) is 11.3 Å². The first-order valence-electron chi connectivity index (χ1n) is 10.7. The molecule has 0 spiro atoms. The zero-order chi connectivity index (χ0) is 22.5. The van der Waals surface area contributed by atoms with Crippen LogP contribution in [0.3, 0.4) is 0 Å². The van der Waals surface area contributed by atoms with E-state index in [1.807, 2.05) is 6.92 Å². The smallest absolute Gasteiger partial charge is 0.283 e. The van der Waals surface area contributed by atoms with Gasteiger partial charge in [0.25, 0.3) is 11.8 Å². The van der Waals surface area contributed by atoms with E-state index in [2.05, 4.69) is 10.2 Å². The number of piperidine rings is 1. The van der Waals surface area contributed by atoms with E-state index in [0.717, 1.165) is 19.3 Å². The van der Waals surface area contributed by atoms with Crippen molar-refractivity contribution in [2.24, 2.45) is 5.92 Å². The minimum absolute atomic E-state index is 0.00166. The van der Waals surface area contributed by atoms with Gasteiger partial charge in [0.2, 0.25) is 11.8 Å². The molecule has 2 aromatic heterocycles. The second kappa shape index (κ2) is 9.99. The van der Waals surface area contributed by atoms with Crippen molar-refractivity contribution in [2.75, 3.05) is 19.6 Å². The zero-order valence-electron chi connectivity index (χ0n) is 17.9. The maximum absolute atomic E-state index is 13.3. The highest BCUT2D eigenvalue weighted by Crippen LogP contribution is 2.23. The van der Waals surface area contributed by atoms with Gasteiger partial charge in [-0.15, -0.1) is 10.2 Å². The Morgan fingerprint density at radius 2 is 2.03 bits per heavy atom. The molecule has 3 heterocycles. The molecule has 0 aliphatic carbocycles. The van der Waals surface area contributed by atoms with Crippen LogP contribution in [0, 0.1) is 5.92 Å². The molecule has 8 nitrogen and oxygen atoms in total. The molecule has 1 fully saturated rings. The van der Waals surface area contributed by atoms with Crippen molar-refractivity contribution in [3.63, 3.8) is 0 Å². The molecular formula is C23H25ClN4O4. The number of hydrogen-bond donors (Lipinski definition) is 0. The molecule has 0 radical (unpaired) electrons. The molecule has 1 saturated heterocycles. The summed E-state index contributed by atoms with van der Waals surface area (Å²) in [7, 11) is 0. The number of benzene rings is 1. The summed E-state index contributed by atoms with van der Waals surface area (Å²) in [5, 5.41) is 8.66. The summed E-state index contributed by atoms with van der Waals surface area (Å²) in [5.41, 5.74) is 0.573. The van der Waals surface area contributed by atoms with Crippen molar-refractivity contribution in [3.05, 3.63) is 59.1 Å². The van der Waals surface area contributed by atoms with Gasteiger partial charge < -0.3 is 18.6 Å². The second-order valence-corrected chi connectivity index (χ2v) is 8.27. The van der Waals surface area contributed by atoms with Crippen LogP contribution in [0.25, 0.3) is 11.7 Å². The fraction of sp³-hybridized carbons (Fsp3) is 0.391. The normalized spacial score (nSPS) is 16.2. The molecule has 4 rings (SSSR count). The van der Waals surface area contributed by atoms with Gasteiger partial charge >= 0.3 is 0 Å². The maximum atomic E-state index is 13.3. The highest BCUT2D eigenvalue weighted by atomic mass is 35.5. The van der Waals surface area contributed by atoms with Gasteiger partial charge in [0.1, 0.15) is 0 Å². The highest BCUT2D eigenvalue weighted by molar-refractivity contribution is 6.30. The van der Waals surface area contributed by atoms with Gasteiger partial charge in [-0.05, 0) is 55.7 Å². The van der Waals surface area contributed by atoms with Crippen LogP contribution in [0.4, 0.5) is 0 Å². The van der Waals surface area contributed by atoms with E-state index in [9.17, 15) is 9.59 Å². The molecule has 0 bridgehead atoms. The van der Waals surface area contributed by atoms with Crippen LogP contribution in [0.2, 0.25) is 5.02 Å². The first kappa shape index (κ1) is 22.1. The maximum Gasteiger partial charge on any atom is 0.283 e. The Morgan fingerprint density at radius 3 is 2.75 bits per heavy atom. The summed E-state index contributed by atoms with van der Waals surface area (Å²) in [6, 6.07) is 10.3. The Labute approximate surface area is 191 Å². The average molecular weight is 457 g/mol. The third-order valence-electron chi connectivity index (χ3n) is 5.48. The lowest BCUT2D eigenvalue weighted by atomic mass is 9.95. The molecule has 1 aliphatic heterocycles. The minimum Gasteiger partial charge on any atom is -0.459 e. The predicted octanol–water partition coefficient (Wildman–Crippen LogP) is 4.27. The van der Waals surface area contributed by atoms with E-state index in [0.29, 0.717) is 41.9 Å². The first-order chi connectivity index (χ1) is 15.5. The van der Waals surface area contributed by atoms with Crippen molar-refractivity contribution >= 4 is 23.4 Å². The molecule has 0 saturated carbocycles. The van der Waals surface area contributed by atoms with E-state index in [1.54, 1.807) is 46.2 Å². The van der Waals surface area contributed by atoms with Gasteiger partial charge in [-0.1, -0.05) is 18.5 Å². The van der Waals surface area contributed by atoms with E-state index in [1.165, 1.54) is 6.26 Å². The topological polar surface area (TPSA) is 92.7 Å². The predicted molar refractivity (Wildman–Crippen MR) is 118 cm³/mol. The van der Waals surface area contributed by atoms with Crippen molar-refractivity contribution in [1.29, 1.82) is 0 Å². The van der Waals surface area contributed by atoms with Crippen molar-refractivity contribution in [2.45, 2.75) is 32.7 Å². The van der Waals surface area contributed by atoms with Gasteiger partial charge in [0.05, 0.1) is 18.7 Å². The fourth-order valence-electron chi connectivity index (χ4n) is 3.91. The number of halogens is 1. The lowest BCUT2D eigenvalue weighted by Crippen LogP contribution is -2.46. The van der Waals surface area contributed by atoms with Crippen LogP contribution in [0.1, 0.15) is 42.4 Å². The van der Waals surface area contributed by atoms with E-state index >= 15 is 0 Å². The SMILES string of the molecule is CCCN(Cc1nnc(-c2ccco2)o1)C(=O)[C@H]1CCCN(C(=O)c2ccc(Cl)cc2)C1. The molecule has 2 amide bonds. The number of carbonyl (C=O) groups is 2. The minimum atomic E-state index is -0.265. The Kier molecular flexibility index (Phi) is 6.90. The zero-order valence-corrected chi connectivity index (χ0v) is 18.6. The lowest BCUT2D eigenvalue weighted by molar-refractivity contribution is -0.138. The summed E-state index contributed by atoms with van der Waals surface area (Å²) < 4.78 is 11.0. The van der Waals surface area contributed by atoms with Crippen LogP contribution in [0.15, 0.2) is 51.5 Å². The summed E-state index contributed by atoms with van der Waals surface area (Å²) >= 11 is 5.93. The molecule has 1 aromatic carbocycles. The molecule has 32 heavy (non-hydrogen) atoms. The van der Waals surface area contributed by atoms with Crippen molar-refractivity contribution in [1.82, 2.24) is 20.0 Å². The molecule has 1 aliphatic rings. The molecule has 168 valence electrons. The summed E-state index contributed by atoms with van der Waals surface area (Å²) in [6.07, 6.45) is 3.85. The van der Waals surface area contributed by atoms with Crippen molar-refractivity contribution < 1.29 is 18.4 Å². The number of aromatic nitrogens is 2. The number of amides is 2. The lowest BCUT2D eigenvalue weighted by Gasteiger charge is -2.34. The van der Waals surface area contributed by atoms with Crippen molar-refractivity contribution in [3.8, 4) is 11.7 Å². The number of hydrogen-bond acceptors (Lipinski definition) is 6. The van der Waals surface area contributed by atoms with Gasteiger partial charge in [-0.2, -0.15) is 0 Å². The molecule has 0 unspecified atom stereocenters. The number of likely N-dealkylation sites (tertiary alicyclic amines) is 1. The van der Waals surface area contributed by atoms with Crippen LogP contribution in [0.5, 0.6) is 0 Å². The fourth-order valence-corrected chi connectivity index (χ4v) is 4.04. The Hall–Kier alpha value is -3.13. The average Bonchev–Trinajstić information content (AvgIpc) is 3.51. The van der Waals surface area contributed by atoms with Gasteiger partial charge in [-0.3, -0.25) is 9.59 Å². The van der Waals surface area contributed by atoms with E-state index in [-0.39, 0.29) is 30.2 Å². The molecule has 9 heteroatoms. The van der Waals surface area contributed by atoms with Crippen LogP contribution >= 0.6 is 11.6 Å². The Bertz CT molecular complexity index is 1050. The summed E-state index contributed by atoms with van der Waals surface area (Å²) in [6.45, 7) is 3.83. The van der Waals surface area contributed by atoms with Gasteiger partial charge in [0, 0.05) is 30.2 Å². The number of furan rings is 1. The van der Waals surface area contributed by atoms with Crippen LogP contribution in [-0.4, -0.2) is 51.4 Å². The Balaban J connectivity index is 1.43. The number of rotatable bonds is 7. The largest absolute Gasteiger partial charge is 0.459 e. The van der Waals surface area contributed by atoms with Gasteiger partial charge in [-0.25, -0.2) is 0 Å². The Morgan fingerprint density at radius 1 is 1.22 bits per heavy atom. The van der Waals surface area contributed by atoms with E-state index in [4.69, 9.17) is 20.4 Å². The van der Waals surface area contributed by atoms with Crippen LogP contribution < -0.4 is 0 Å². The quantitative estimate of drug-likeness (QED) is 0.527. The number of carbonyl (C=O) groups excluding carboxylic acids is 2.